The molecule has 0 amide bonds. The third-order valence-corrected chi connectivity index (χ3v) is 3.14. The second-order valence-corrected chi connectivity index (χ2v) is 4.97. The summed E-state index contributed by atoms with van der Waals surface area (Å²) < 4.78 is 0. The second kappa shape index (κ2) is 7.12. The van der Waals surface area contributed by atoms with Crippen molar-refractivity contribution >= 4 is 34.6 Å². The molecule has 19 heavy (non-hydrogen) atoms. The van der Waals surface area contributed by atoms with Crippen molar-refractivity contribution in [3.63, 3.8) is 0 Å². The normalized spacial score (nSPS) is 9.95. The number of benzene rings is 2. The molecule has 2 nitrogen and oxygen atoms in total. The third-order valence-electron chi connectivity index (χ3n) is 2.64. The first kappa shape index (κ1) is 13.8. The predicted octanol–water partition coefficient (Wildman–Crippen LogP) is 3.87. The Balaban J connectivity index is 1.74. The summed E-state index contributed by atoms with van der Waals surface area (Å²) in [6.45, 7) is 0.792. The second-order valence-electron chi connectivity index (χ2n) is 4.12. The zero-order chi connectivity index (χ0) is 13.5. The van der Waals surface area contributed by atoms with E-state index in [1.54, 1.807) is 0 Å². The van der Waals surface area contributed by atoms with Crippen LogP contribution in [0, 0.1) is 0 Å². The average molecular weight is 291 g/mol. The Morgan fingerprint density at radius 1 is 1.00 bits per heavy atom. The van der Waals surface area contributed by atoms with Gasteiger partial charge < -0.3 is 10.6 Å². The number of para-hydroxylation sites is 1. The summed E-state index contributed by atoms with van der Waals surface area (Å²) in [4.78, 5) is 0. The SMILES string of the molecule is S=C(NCCc1ccc(Cl)cc1)Nc1ccccc1. The smallest absolute Gasteiger partial charge is 0.170 e. The first-order chi connectivity index (χ1) is 9.24. The summed E-state index contributed by atoms with van der Waals surface area (Å²) in [5.74, 6) is 0. The molecule has 0 saturated heterocycles. The highest BCUT2D eigenvalue weighted by Crippen LogP contribution is 2.09. The molecule has 0 atom stereocenters. The number of hydrogen-bond donors (Lipinski definition) is 2. The van der Waals surface area contributed by atoms with E-state index in [9.17, 15) is 0 Å². The highest BCUT2D eigenvalue weighted by molar-refractivity contribution is 7.80. The van der Waals surface area contributed by atoms with Crippen molar-refractivity contribution < 1.29 is 0 Å². The number of halogens is 1. The fraction of sp³-hybridized carbons (Fsp3) is 0.133. The summed E-state index contributed by atoms with van der Waals surface area (Å²) >= 11 is 11.1. The molecule has 0 unspecified atom stereocenters. The zero-order valence-electron chi connectivity index (χ0n) is 10.4. The van der Waals surface area contributed by atoms with Crippen molar-refractivity contribution in [3.8, 4) is 0 Å². The Hall–Kier alpha value is -1.58. The third kappa shape index (κ3) is 4.89. The van der Waals surface area contributed by atoms with E-state index in [0.717, 1.165) is 23.7 Å². The van der Waals surface area contributed by atoms with Crippen molar-refractivity contribution in [2.75, 3.05) is 11.9 Å². The van der Waals surface area contributed by atoms with Gasteiger partial charge in [0.1, 0.15) is 0 Å². The molecule has 2 aromatic carbocycles. The molecule has 0 bridgehead atoms. The van der Waals surface area contributed by atoms with Gasteiger partial charge in [0.05, 0.1) is 0 Å². The van der Waals surface area contributed by atoms with Gasteiger partial charge in [-0.25, -0.2) is 0 Å². The van der Waals surface area contributed by atoms with Crippen molar-refractivity contribution in [3.05, 3.63) is 65.2 Å². The van der Waals surface area contributed by atoms with Crippen LogP contribution in [0.3, 0.4) is 0 Å². The van der Waals surface area contributed by atoms with Crippen molar-refractivity contribution in [1.82, 2.24) is 5.32 Å². The lowest BCUT2D eigenvalue weighted by atomic mass is 10.1. The average Bonchev–Trinajstić information content (AvgIpc) is 2.42. The molecule has 0 radical (unpaired) electrons. The molecule has 4 heteroatoms. The van der Waals surface area contributed by atoms with Crippen LogP contribution in [0.1, 0.15) is 5.56 Å². The topological polar surface area (TPSA) is 24.1 Å². The molecule has 0 aliphatic heterocycles. The summed E-state index contributed by atoms with van der Waals surface area (Å²) in [6, 6.07) is 17.7. The van der Waals surface area contributed by atoms with E-state index in [0.29, 0.717) is 5.11 Å². The molecular formula is C15H15ClN2S. The van der Waals surface area contributed by atoms with Gasteiger partial charge in [0, 0.05) is 17.3 Å². The predicted molar refractivity (Wildman–Crippen MR) is 85.8 cm³/mol. The van der Waals surface area contributed by atoms with Crippen LogP contribution in [0.2, 0.25) is 5.02 Å². The van der Waals surface area contributed by atoms with E-state index >= 15 is 0 Å². The van der Waals surface area contributed by atoms with Crippen LogP contribution in [-0.4, -0.2) is 11.7 Å². The molecule has 2 rings (SSSR count). The quantitative estimate of drug-likeness (QED) is 0.836. The van der Waals surface area contributed by atoms with Crippen LogP contribution in [0.4, 0.5) is 5.69 Å². The molecule has 98 valence electrons. The Kier molecular flexibility index (Phi) is 5.19. The van der Waals surface area contributed by atoms with Gasteiger partial charge in [0.25, 0.3) is 0 Å². The van der Waals surface area contributed by atoms with Crippen LogP contribution < -0.4 is 10.6 Å². The molecule has 0 heterocycles. The Bertz CT molecular complexity index is 526. The van der Waals surface area contributed by atoms with E-state index in [-0.39, 0.29) is 0 Å². The van der Waals surface area contributed by atoms with Gasteiger partial charge in [-0.1, -0.05) is 41.9 Å². The lowest BCUT2D eigenvalue weighted by Crippen LogP contribution is -2.30. The van der Waals surface area contributed by atoms with Gasteiger partial charge in [-0.3, -0.25) is 0 Å². The van der Waals surface area contributed by atoms with Gasteiger partial charge in [0.15, 0.2) is 5.11 Å². The number of hydrogen-bond acceptors (Lipinski definition) is 1. The monoisotopic (exact) mass is 290 g/mol. The molecule has 0 fully saturated rings. The number of rotatable bonds is 4. The Morgan fingerprint density at radius 2 is 1.68 bits per heavy atom. The minimum atomic E-state index is 0.639. The minimum absolute atomic E-state index is 0.639. The molecule has 0 aliphatic carbocycles. The van der Waals surface area contributed by atoms with Crippen molar-refractivity contribution in [2.24, 2.45) is 0 Å². The molecule has 0 saturated carbocycles. The number of anilines is 1. The minimum Gasteiger partial charge on any atom is -0.362 e. The number of thiocarbonyl (C=S) groups is 1. The molecule has 0 aliphatic rings. The van der Waals surface area contributed by atoms with Crippen LogP contribution in [0.5, 0.6) is 0 Å². The summed E-state index contributed by atoms with van der Waals surface area (Å²) in [5.41, 5.74) is 2.23. The standard InChI is InChI=1S/C15H15ClN2S/c16-13-8-6-12(7-9-13)10-11-17-15(19)18-14-4-2-1-3-5-14/h1-9H,10-11H2,(H2,17,18,19). The van der Waals surface area contributed by atoms with Gasteiger partial charge in [-0.15, -0.1) is 0 Å². The van der Waals surface area contributed by atoms with Crippen molar-refractivity contribution in [2.45, 2.75) is 6.42 Å². The first-order valence-electron chi connectivity index (χ1n) is 6.08. The zero-order valence-corrected chi connectivity index (χ0v) is 12.0. The molecular weight excluding hydrogens is 276 g/mol. The van der Waals surface area contributed by atoms with Gasteiger partial charge in [-0.2, -0.15) is 0 Å². The fourth-order valence-corrected chi connectivity index (χ4v) is 2.01. The largest absolute Gasteiger partial charge is 0.362 e. The van der Waals surface area contributed by atoms with Crippen LogP contribution in [0.25, 0.3) is 0 Å². The molecule has 0 spiro atoms. The lowest BCUT2D eigenvalue weighted by molar-refractivity contribution is 0.873. The lowest BCUT2D eigenvalue weighted by Gasteiger charge is -2.10. The van der Waals surface area contributed by atoms with E-state index in [1.807, 2.05) is 54.6 Å². The Morgan fingerprint density at radius 3 is 2.37 bits per heavy atom. The highest BCUT2D eigenvalue weighted by Gasteiger charge is 1.97. The maximum Gasteiger partial charge on any atom is 0.170 e. The summed E-state index contributed by atoms with van der Waals surface area (Å²) in [5, 5.41) is 7.72. The Labute approximate surface area is 123 Å². The van der Waals surface area contributed by atoms with E-state index in [2.05, 4.69) is 10.6 Å². The van der Waals surface area contributed by atoms with Gasteiger partial charge in [0.2, 0.25) is 0 Å². The van der Waals surface area contributed by atoms with Crippen LogP contribution >= 0.6 is 23.8 Å². The number of nitrogens with one attached hydrogen (secondary N) is 2. The fourth-order valence-electron chi connectivity index (χ4n) is 1.67. The van der Waals surface area contributed by atoms with Crippen LogP contribution in [0.15, 0.2) is 54.6 Å². The van der Waals surface area contributed by atoms with Gasteiger partial charge >= 0.3 is 0 Å². The maximum atomic E-state index is 5.84. The van der Waals surface area contributed by atoms with E-state index in [1.165, 1.54) is 5.56 Å². The van der Waals surface area contributed by atoms with E-state index in [4.69, 9.17) is 23.8 Å². The molecule has 2 aromatic rings. The molecule has 2 N–H and O–H groups in total. The van der Waals surface area contributed by atoms with E-state index < -0.39 is 0 Å². The van der Waals surface area contributed by atoms with Crippen LogP contribution in [-0.2, 0) is 6.42 Å². The summed E-state index contributed by atoms with van der Waals surface area (Å²) in [7, 11) is 0. The highest BCUT2D eigenvalue weighted by atomic mass is 35.5. The maximum absolute atomic E-state index is 5.84. The van der Waals surface area contributed by atoms with Crippen molar-refractivity contribution in [1.29, 1.82) is 0 Å². The first-order valence-corrected chi connectivity index (χ1v) is 6.87. The summed E-state index contributed by atoms with van der Waals surface area (Å²) in [6.07, 6.45) is 0.910. The van der Waals surface area contributed by atoms with Gasteiger partial charge in [-0.05, 0) is 48.5 Å². The molecule has 0 aromatic heterocycles.